The van der Waals surface area contributed by atoms with Gasteiger partial charge in [0.25, 0.3) is 0 Å². The lowest BCUT2D eigenvalue weighted by atomic mass is 9.92. The highest BCUT2D eigenvalue weighted by Gasteiger charge is 2.21. The number of benzene rings is 1. The van der Waals surface area contributed by atoms with Crippen LogP contribution in [0, 0.1) is 5.92 Å². The van der Waals surface area contributed by atoms with Crippen LogP contribution in [-0.2, 0) is 6.54 Å². The normalized spacial score (nSPS) is 20.0. The zero-order valence-electron chi connectivity index (χ0n) is 13.1. The molecule has 1 aromatic carbocycles. The molecule has 0 amide bonds. The Bertz CT molecular complexity index is 462. The largest absolute Gasteiger partial charge is 0.370 e. The summed E-state index contributed by atoms with van der Waals surface area (Å²) in [5.41, 5.74) is 2.53. The van der Waals surface area contributed by atoms with Crippen LogP contribution < -0.4 is 10.2 Å². The van der Waals surface area contributed by atoms with E-state index in [-0.39, 0.29) is 0 Å². The van der Waals surface area contributed by atoms with Crippen molar-refractivity contribution in [1.29, 1.82) is 0 Å². The average molecular weight is 307 g/mol. The molecule has 116 valence electrons. The molecule has 2 nitrogen and oxygen atoms in total. The Hall–Kier alpha value is -0.730. The molecule has 1 aliphatic carbocycles. The first-order valence-corrected chi connectivity index (χ1v) is 8.91. The predicted octanol–water partition coefficient (Wildman–Crippen LogP) is 4.61. The van der Waals surface area contributed by atoms with Crippen molar-refractivity contribution >= 4 is 17.3 Å². The van der Waals surface area contributed by atoms with Gasteiger partial charge in [0.2, 0.25) is 0 Å². The fourth-order valence-corrected chi connectivity index (χ4v) is 3.66. The smallest absolute Gasteiger partial charge is 0.0642 e. The van der Waals surface area contributed by atoms with Crippen LogP contribution >= 0.6 is 11.6 Å². The lowest BCUT2D eigenvalue weighted by molar-refractivity contribution is 0.378. The number of halogens is 1. The van der Waals surface area contributed by atoms with Crippen molar-refractivity contribution in [3.8, 4) is 0 Å². The van der Waals surface area contributed by atoms with E-state index in [1.165, 1.54) is 49.8 Å². The van der Waals surface area contributed by atoms with Crippen molar-refractivity contribution < 1.29 is 0 Å². The highest BCUT2D eigenvalue weighted by molar-refractivity contribution is 6.33. The number of piperidine rings is 1. The van der Waals surface area contributed by atoms with Crippen molar-refractivity contribution in [3.63, 3.8) is 0 Å². The second-order valence-electron chi connectivity index (χ2n) is 6.66. The van der Waals surface area contributed by atoms with Crippen molar-refractivity contribution in [1.82, 2.24) is 5.32 Å². The van der Waals surface area contributed by atoms with Crippen LogP contribution in [0.25, 0.3) is 0 Å². The Kier molecular flexibility index (Phi) is 5.07. The molecule has 0 radical (unpaired) electrons. The first-order valence-electron chi connectivity index (χ1n) is 8.53. The molecule has 1 aliphatic heterocycles. The van der Waals surface area contributed by atoms with Gasteiger partial charge in [-0.05, 0) is 49.3 Å². The van der Waals surface area contributed by atoms with E-state index in [4.69, 9.17) is 11.6 Å². The summed E-state index contributed by atoms with van der Waals surface area (Å²) in [6.45, 7) is 5.55. The number of anilines is 1. The van der Waals surface area contributed by atoms with Gasteiger partial charge in [-0.15, -0.1) is 0 Å². The SMILES string of the molecule is CCCC1CCN(c2ccc(CNC3CC3)cc2Cl)CC1. The van der Waals surface area contributed by atoms with Crippen molar-refractivity contribution in [2.75, 3.05) is 18.0 Å². The molecular weight excluding hydrogens is 280 g/mol. The van der Waals surface area contributed by atoms with Crippen molar-refractivity contribution in [2.24, 2.45) is 5.92 Å². The third-order valence-corrected chi connectivity index (χ3v) is 5.14. The molecule has 3 heteroatoms. The minimum atomic E-state index is 0.751. The lowest BCUT2D eigenvalue weighted by Crippen LogP contribution is -2.33. The van der Waals surface area contributed by atoms with E-state index in [0.717, 1.165) is 36.6 Å². The summed E-state index contributed by atoms with van der Waals surface area (Å²) in [5, 5.41) is 4.46. The number of nitrogens with one attached hydrogen (secondary N) is 1. The van der Waals surface area contributed by atoms with Gasteiger partial charge in [0.1, 0.15) is 0 Å². The van der Waals surface area contributed by atoms with E-state index < -0.39 is 0 Å². The number of nitrogens with zero attached hydrogens (tertiary/aromatic N) is 1. The molecule has 0 bridgehead atoms. The van der Waals surface area contributed by atoms with E-state index in [2.05, 4.69) is 35.3 Å². The molecule has 2 aliphatic rings. The summed E-state index contributed by atoms with van der Waals surface area (Å²) in [6, 6.07) is 7.34. The molecule has 0 unspecified atom stereocenters. The van der Waals surface area contributed by atoms with Crippen LogP contribution in [0.3, 0.4) is 0 Å². The van der Waals surface area contributed by atoms with E-state index in [1.54, 1.807) is 0 Å². The minimum absolute atomic E-state index is 0.751. The zero-order valence-corrected chi connectivity index (χ0v) is 13.8. The fraction of sp³-hybridized carbons (Fsp3) is 0.667. The summed E-state index contributed by atoms with van der Waals surface area (Å²) in [7, 11) is 0. The minimum Gasteiger partial charge on any atom is -0.370 e. The summed E-state index contributed by atoms with van der Waals surface area (Å²) >= 11 is 6.52. The Morgan fingerprint density at radius 3 is 2.57 bits per heavy atom. The topological polar surface area (TPSA) is 15.3 Å². The van der Waals surface area contributed by atoms with Crippen molar-refractivity contribution in [3.05, 3.63) is 28.8 Å². The molecule has 1 saturated heterocycles. The second-order valence-corrected chi connectivity index (χ2v) is 7.07. The van der Waals surface area contributed by atoms with Gasteiger partial charge in [-0.25, -0.2) is 0 Å². The maximum Gasteiger partial charge on any atom is 0.0642 e. The average Bonchev–Trinajstić information content (AvgIpc) is 3.31. The molecule has 3 rings (SSSR count). The quantitative estimate of drug-likeness (QED) is 0.825. The molecule has 1 aromatic rings. The predicted molar refractivity (Wildman–Crippen MR) is 91.2 cm³/mol. The van der Waals surface area contributed by atoms with E-state index in [1.807, 2.05) is 0 Å². The highest BCUT2D eigenvalue weighted by atomic mass is 35.5. The molecular formula is C18H27ClN2. The van der Waals surface area contributed by atoms with Crippen LogP contribution in [-0.4, -0.2) is 19.1 Å². The molecule has 1 saturated carbocycles. The molecule has 21 heavy (non-hydrogen) atoms. The molecule has 0 atom stereocenters. The van der Waals surface area contributed by atoms with E-state index in [0.29, 0.717) is 0 Å². The summed E-state index contributed by atoms with van der Waals surface area (Å²) in [5.74, 6) is 0.923. The summed E-state index contributed by atoms with van der Waals surface area (Å²) in [6.07, 6.45) is 7.99. The molecule has 2 fully saturated rings. The Morgan fingerprint density at radius 2 is 1.95 bits per heavy atom. The van der Waals surface area contributed by atoms with Crippen LogP contribution in [0.15, 0.2) is 18.2 Å². The molecule has 1 heterocycles. The first kappa shape index (κ1) is 15.2. The highest BCUT2D eigenvalue weighted by Crippen LogP contribution is 2.32. The summed E-state index contributed by atoms with van der Waals surface area (Å²) in [4.78, 5) is 2.46. The van der Waals surface area contributed by atoms with Gasteiger partial charge in [-0.1, -0.05) is 37.4 Å². The van der Waals surface area contributed by atoms with Gasteiger partial charge >= 0.3 is 0 Å². The van der Waals surface area contributed by atoms with Gasteiger partial charge in [0.15, 0.2) is 0 Å². The van der Waals surface area contributed by atoms with Crippen LogP contribution in [0.1, 0.15) is 51.0 Å². The van der Waals surface area contributed by atoms with E-state index in [9.17, 15) is 0 Å². The maximum absolute atomic E-state index is 6.52. The Morgan fingerprint density at radius 1 is 1.19 bits per heavy atom. The second kappa shape index (κ2) is 7.02. The zero-order chi connectivity index (χ0) is 14.7. The number of rotatable bonds is 6. The van der Waals surface area contributed by atoms with Gasteiger partial charge in [-0.2, -0.15) is 0 Å². The Balaban J connectivity index is 1.57. The molecule has 0 aromatic heterocycles. The van der Waals surface area contributed by atoms with Crippen LogP contribution in [0.5, 0.6) is 0 Å². The fourth-order valence-electron chi connectivity index (χ4n) is 3.34. The van der Waals surface area contributed by atoms with Gasteiger partial charge < -0.3 is 10.2 Å². The molecule has 0 spiro atoms. The van der Waals surface area contributed by atoms with Crippen LogP contribution in [0.4, 0.5) is 5.69 Å². The first-order chi connectivity index (χ1) is 10.3. The summed E-state index contributed by atoms with van der Waals surface area (Å²) < 4.78 is 0. The van der Waals surface area contributed by atoms with Gasteiger partial charge in [0.05, 0.1) is 10.7 Å². The van der Waals surface area contributed by atoms with Gasteiger partial charge in [0, 0.05) is 25.7 Å². The van der Waals surface area contributed by atoms with Gasteiger partial charge in [-0.3, -0.25) is 0 Å². The van der Waals surface area contributed by atoms with E-state index >= 15 is 0 Å². The third kappa shape index (κ3) is 4.14. The van der Waals surface area contributed by atoms with Crippen LogP contribution in [0.2, 0.25) is 5.02 Å². The monoisotopic (exact) mass is 306 g/mol. The number of hydrogen-bond donors (Lipinski definition) is 1. The van der Waals surface area contributed by atoms with Crippen molar-refractivity contribution in [2.45, 2.75) is 58.0 Å². The lowest BCUT2D eigenvalue weighted by Gasteiger charge is -2.34. The standard InChI is InChI=1S/C18H27ClN2/c1-2-3-14-8-10-21(11-9-14)18-7-4-15(12-17(18)19)13-20-16-5-6-16/h4,7,12,14,16,20H,2-3,5-6,8-11,13H2,1H3. The molecule has 1 N–H and O–H groups in total. The maximum atomic E-state index is 6.52. The Labute approximate surface area is 133 Å². The third-order valence-electron chi connectivity index (χ3n) is 4.84. The number of hydrogen-bond acceptors (Lipinski definition) is 2.